The van der Waals surface area contributed by atoms with E-state index < -0.39 is 0 Å². The highest BCUT2D eigenvalue weighted by Crippen LogP contribution is 2.19. The van der Waals surface area contributed by atoms with E-state index in [9.17, 15) is 4.79 Å². The molecule has 0 aromatic rings. The van der Waals surface area contributed by atoms with E-state index in [0.29, 0.717) is 12.5 Å². The topological polar surface area (TPSA) is 29.1 Å². The van der Waals surface area contributed by atoms with Crippen molar-refractivity contribution in [2.45, 2.75) is 37.6 Å². The zero-order valence-corrected chi connectivity index (χ0v) is 6.82. The molecule has 1 N–H and O–H groups in total. The first-order chi connectivity index (χ1) is 4.74. The Kier molecular flexibility index (Phi) is 2.55. The van der Waals surface area contributed by atoms with Crippen LogP contribution in [0.5, 0.6) is 0 Å². The van der Waals surface area contributed by atoms with Crippen LogP contribution in [0.2, 0.25) is 0 Å². The lowest BCUT2D eigenvalue weighted by molar-refractivity contribution is -0.120. The van der Waals surface area contributed by atoms with Gasteiger partial charge in [-0.3, -0.25) is 4.79 Å². The molecule has 1 aliphatic rings. The molecule has 0 heterocycles. The van der Waals surface area contributed by atoms with Gasteiger partial charge in [0.2, 0.25) is 5.91 Å². The average molecular weight is 162 g/mol. The molecule has 1 saturated carbocycles. The molecule has 0 bridgehead atoms. The predicted molar refractivity (Wildman–Crippen MR) is 41.1 cm³/mol. The van der Waals surface area contributed by atoms with Gasteiger partial charge in [0.05, 0.1) is 0 Å². The first-order valence-electron chi connectivity index (χ1n) is 3.68. The lowest BCUT2D eigenvalue weighted by Gasteiger charge is -2.05. The SMILES string of the molecule is CCC(Cl)C(=O)NC1CC1. The third kappa shape index (κ3) is 2.18. The first-order valence-corrected chi connectivity index (χ1v) is 4.12. The molecule has 0 radical (unpaired) electrons. The number of carbonyl (C=O) groups excluding carboxylic acids is 1. The molecule has 0 aromatic heterocycles. The minimum atomic E-state index is -0.333. The fourth-order valence-electron chi connectivity index (χ4n) is 0.705. The Balaban J connectivity index is 2.18. The van der Waals surface area contributed by atoms with Gasteiger partial charge in [-0.05, 0) is 19.3 Å². The quantitative estimate of drug-likeness (QED) is 0.621. The number of hydrogen-bond donors (Lipinski definition) is 1. The molecule has 58 valence electrons. The molecule has 1 unspecified atom stereocenters. The highest BCUT2D eigenvalue weighted by molar-refractivity contribution is 6.30. The Morgan fingerprint density at radius 2 is 2.40 bits per heavy atom. The number of nitrogens with one attached hydrogen (secondary N) is 1. The van der Waals surface area contributed by atoms with Gasteiger partial charge < -0.3 is 5.32 Å². The number of halogens is 1. The van der Waals surface area contributed by atoms with E-state index in [-0.39, 0.29) is 11.3 Å². The Morgan fingerprint density at radius 3 is 2.80 bits per heavy atom. The number of amides is 1. The smallest absolute Gasteiger partial charge is 0.238 e. The van der Waals surface area contributed by atoms with Gasteiger partial charge in [0.15, 0.2) is 0 Å². The van der Waals surface area contributed by atoms with Crippen LogP contribution in [-0.4, -0.2) is 17.3 Å². The zero-order valence-electron chi connectivity index (χ0n) is 6.06. The van der Waals surface area contributed by atoms with Crippen LogP contribution in [0.25, 0.3) is 0 Å². The van der Waals surface area contributed by atoms with Gasteiger partial charge >= 0.3 is 0 Å². The Hall–Kier alpha value is -0.240. The van der Waals surface area contributed by atoms with E-state index in [2.05, 4.69) is 5.32 Å². The molecule has 2 nitrogen and oxygen atoms in total. The van der Waals surface area contributed by atoms with Gasteiger partial charge in [-0.2, -0.15) is 0 Å². The van der Waals surface area contributed by atoms with Crippen molar-refractivity contribution in [3.05, 3.63) is 0 Å². The number of rotatable bonds is 3. The Bertz CT molecular complexity index is 134. The van der Waals surface area contributed by atoms with Gasteiger partial charge in [0, 0.05) is 6.04 Å². The molecule has 1 rings (SSSR count). The summed E-state index contributed by atoms with van der Waals surface area (Å²) in [6, 6.07) is 0.431. The van der Waals surface area contributed by atoms with Crippen molar-refractivity contribution in [1.82, 2.24) is 5.32 Å². The van der Waals surface area contributed by atoms with E-state index in [1.54, 1.807) is 0 Å². The van der Waals surface area contributed by atoms with Crippen LogP contribution in [0.4, 0.5) is 0 Å². The van der Waals surface area contributed by atoms with Crippen molar-refractivity contribution in [2.24, 2.45) is 0 Å². The van der Waals surface area contributed by atoms with Gasteiger partial charge in [-0.25, -0.2) is 0 Å². The molecule has 1 amide bonds. The summed E-state index contributed by atoms with van der Waals surface area (Å²) in [5.74, 6) is -0.00772. The molecule has 0 spiro atoms. The van der Waals surface area contributed by atoms with Crippen LogP contribution in [0, 0.1) is 0 Å². The van der Waals surface area contributed by atoms with E-state index in [1.807, 2.05) is 6.92 Å². The van der Waals surface area contributed by atoms with Crippen molar-refractivity contribution in [3.8, 4) is 0 Å². The molecule has 1 atom stereocenters. The zero-order chi connectivity index (χ0) is 7.56. The highest BCUT2D eigenvalue weighted by atomic mass is 35.5. The number of alkyl halides is 1. The lowest BCUT2D eigenvalue weighted by atomic mass is 10.3. The second kappa shape index (κ2) is 3.24. The van der Waals surface area contributed by atoms with Gasteiger partial charge in [0.1, 0.15) is 5.38 Å². The molecular weight excluding hydrogens is 150 g/mol. The molecule has 10 heavy (non-hydrogen) atoms. The average Bonchev–Trinajstić information content (AvgIpc) is 2.70. The summed E-state index contributed by atoms with van der Waals surface area (Å²) < 4.78 is 0. The highest BCUT2D eigenvalue weighted by Gasteiger charge is 2.25. The van der Waals surface area contributed by atoms with Crippen LogP contribution in [0.1, 0.15) is 26.2 Å². The number of hydrogen-bond acceptors (Lipinski definition) is 1. The fourth-order valence-corrected chi connectivity index (χ4v) is 0.768. The van der Waals surface area contributed by atoms with E-state index >= 15 is 0 Å². The minimum absolute atomic E-state index is 0.00772. The van der Waals surface area contributed by atoms with E-state index in [1.165, 1.54) is 0 Å². The summed E-state index contributed by atoms with van der Waals surface area (Å²) >= 11 is 5.68. The van der Waals surface area contributed by atoms with Crippen molar-refractivity contribution in [2.75, 3.05) is 0 Å². The molecule has 1 aliphatic carbocycles. The summed E-state index contributed by atoms with van der Waals surface area (Å²) in [7, 11) is 0. The second-order valence-electron chi connectivity index (χ2n) is 2.66. The standard InChI is InChI=1S/C7H12ClNO/c1-2-6(8)7(10)9-5-3-4-5/h5-6H,2-4H2,1H3,(H,9,10). The largest absolute Gasteiger partial charge is 0.352 e. The first kappa shape index (κ1) is 7.86. The van der Waals surface area contributed by atoms with Crippen molar-refractivity contribution in [3.63, 3.8) is 0 Å². The molecule has 0 aromatic carbocycles. The number of carbonyl (C=O) groups is 1. The van der Waals surface area contributed by atoms with Crippen molar-refractivity contribution < 1.29 is 4.79 Å². The Labute approximate surface area is 65.9 Å². The minimum Gasteiger partial charge on any atom is -0.352 e. The normalized spacial score (nSPS) is 20.2. The van der Waals surface area contributed by atoms with Crippen LogP contribution >= 0.6 is 11.6 Å². The fraction of sp³-hybridized carbons (Fsp3) is 0.857. The molecule has 3 heteroatoms. The van der Waals surface area contributed by atoms with Crippen LogP contribution in [0.15, 0.2) is 0 Å². The van der Waals surface area contributed by atoms with Crippen molar-refractivity contribution in [1.29, 1.82) is 0 Å². The Morgan fingerprint density at radius 1 is 1.80 bits per heavy atom. The third-order valence-corrected chi connectivity index (χ3v) is 2.07. The molecule has 0 saturated heterocycles. The summed E-state index contributed by atoms with van der Waals surface area (Å²) in [5, 5.41) is 2.50. The molecule has 0 aliphatic heterocycles. The van der Waals surface area contributed by atoms with E-state index in [4.69, 9.17) is 11.6 Å². The van der Waals surface area contributed by atoms with Crippen molar-refractivity contribution >= 4 is 17.5 Å². The maximum atomic E-state index is 11.0. The summed E-state index contributed by atoms with van der Waals surface area (Å²) in [6.07, 6.45) is 2.96. The van der Waals surface area contributed by atoms with Gasteiger partial charge in [0.25, 0.3) is 0 Å². The van der Waals surface area contributed by atoms with Crippen LogP contribution in [0.3, 0.4) is 0 Å². The maximum Gasteiger partial charge on any atom is 0.238 e. The summed E-state index contributed by atoms with van der Waals surface area (Å²) in [4.78, 5) is 11.0. The third-order valence-electron chi connectivity index (χ3n) is 1.57. The van der Waals surface area contributed by atoms with E-state index in [0.717, 1.165) is 12.8 Å². The second-order valence-corrected chi connectivity index (χ2v) is 3.19. The molecular formula is C7H12ClNO. The summed E-state index contributed by atoms with van der Waals surface area (Å²) in [6.45, 7) is 1.91. The van der Waals surface area contributed by atoms with Gasteiger partial charge in [-0.15, -0.1) is 11.6 Å². The van der Waals surface area contributed by atoms with Gasteiger partial charge in [-0.1, -0.05) is 6.92 Å². The predicted octanol–water partition coefficient (Wildman–Crippen LogP) is 1.28. The van der Waals surface area contributed by atoms with Crippen LogP contribution in [-0.2, 0) is 4.79 Å². The summed E-state index contributed by atoms with van der Waals surface area (Å²) in [5.41, 5.74) is 0. The lowest BCUT2D eigenvalue weighted by Crippen LogP contribution is -2.32. The van der Waals surface area contributed by atoms with Crippen LogP contribution < -0.4 is 5.32 Å². The monoisotopic (exact) mass is 161 g/mol. The maximum absolute atomic E-state index is 11.0. The molecule has 1 fully saturated rings.